The third kappa shape index (κ3) is 4.82. The normalized spacial score (nSPS) is 15.8. The van der Waals surface area contributed by atoms with Crippen molar-refractivity contribution in [2.24, 2.45) is 0 Å². The van der Waals surface area contributed by atoms with Crippen LogP contribution < -0.4 is 5.32 Å². The van der Waals surface area contributed by atoms with Crippen molar-refractivity contribution in [2.75, 3.05) is 11.2 Å². The highest BCUT2D eigenvalue weighted by Gasteiger charge is 2.32. The molecule has 1 aliphatic rings. The molecule has 1 saturated carbocycles. The van der Waals surface area contributed by atoms with E-state index < -0.39 is 17.6 Å². The number of hydrogen-bond donors (Lipinski definition) is 1. The first-order valence-corrected chi connectivity index (χ1v) is 9.77. The molecule has 3 rings (SSSR count). The summed E-state index contributed by atoms with van der Waals surface area (Å²) in [6.45, 7) is 1.86. The van der Waals surface area contributed by atoms with Gasteiger partial charge in [-0.2, -0.15) is 0 Å². The van der Waals surface area contributed by atoms with E-state index in [-0.39, 0.29) is 11.7 Å². The standard InChI is InChI=1S/C19H20Cl2N2O4/c1-2-16(15(21)9-20)26-19(25)23-13-7-5-11(6-8-13)17(24)14-10-22-27-18(14)12-3-4-12/h5-8,10,12,15-16H,2-4,9H2,1H3,(H,23,25). The molecule has 2 unspecified atom stereocenters. The molecule has 144 valence electrons. The van der Waals surface area contributed by atoms with E-state index in [1.54, 1.807) is 24.3 Å². The highest BCUT2D eigenvalue weighted by atomic mass is 35.5. The Morgan fingerprint density at radius 2 is 2.04 bits per heavy atom. The molecule has 1 aliphatic carbocycles. The van der Waals surface area contributed by atoms with E-state index >= 15 is 0 Å². The van der Waals surface area contributed by atoms with Gasteiger partial charge in [-0.15, -0.1) is 23.2 Å². The number of alkyl halides is 2. The lowest BCUT2D eigenvalue weighted by molar-refractivity contribution is 0.103. The molecule has 1 N–H and O–H groups in total. The molecule has 6 nitrogen and oxygen atoms in total. The van der Waals surface area contributed by atoms with E-state index in [0.717, 1.165) is 12.8 Å². The topological polar surface area (TPSA) is 81.4 Å². The lowest BCUT2D eigenvalue weighted by Gasteiger charge is -2.19. The van der Waals surface area contributed by atoms with Crippen molar-refractivity contribution in [3.63, 3.8) is 0 Å². The predicted octanol–water partition coefficient (Wildman–Crippen LogP) is 4.96. The molecule has 2 aromatic rings. The van der Waals surface area contributed by atoms with E-state index in [2.05, 4.69) is 10.5 Å². The van der Waals surface area contributed by atoms with Crippen LogP contribution in [-0.2, 0) is 4.74 Å². The number of anilines is 1. The molecule has 2 atom stereocenters. The molecule has 1 aromatic carbocycles. The Morgan fingerprint density at radius 3 is 2.63 bits per heavy atom. The molecule has 1 amide bonds. The van der Waals surface area contributed by atoms with Crippen LogP contribution in [0.3, 0.4) is 0 Å². The van der Waals surface area contributed by atoms with Crippen LogP contribution in [0.15, 0.2) is 35.0 Å². The van der Waals surface area contributed by atoms with Crippen LogP contribution in [0.4, 0.5) is 10.5 Å². The highest BCUT2D eigenvalue weighted by Crippen LogP contribution is 2.42. The number of ether oxygens (including phenoxy) is 1. The summed E-state index contributed by atoms with van der Waals surface area (Å²) < 4.78 is 10.5. The SMILES string of the molecule is CCC(OC(=O)Nc1ccc(C(=O)c2cnoc2C2CC2)cc1)C(Cl)CCl. The number of rotatable bonds is 8. The zero-order valence-electron chi connectivity index (χ0n) is 14.8. The molecule has 0 radical (unpaired) electrons. The van der Waals surface area contributed by atoms with Crippen LogP contribution in [0.5, 0.6) is 0 Å². The number of benzene rings is 1. The van der Waals surface area contributed by atoms with Crippen LogP contribution in [-0.4, -0.2) is 34.4 Å². The third-order valence-corrected chi connectivity index (χ3v) is 5.32. The minimum Gasteiger partial charge on any atom is -0.444 e. The van der Waals surface area contributed by atoms with Gasteiger partial charge in [-0.1, -0.05) is 12.1 Å². The van der Waals surface area contributed by atoms with E-state index in [1.807, 2.05) is 6.92 Å². The van der Waals surface area contributed by atoms with Crippen LogP contribution >= 0.6 is 23.2 Å². The first-order valence-electron chi connectivity index (χ1n) is 8.80. The first kappa shape index (κ1) is 19.7. The summed E-state index contributed by atoms with van der Waals surface area (Å²) >= 11 is 11.7. The molecular weight excluding hydrogens is 391 g/mol. The number of halogens is 2. The summed E-state index contributed by atoms with van der Waals surface area (Å²) in [7, 11) is 0. The molecule has 1 heterocycles. The quantitative estimate of drug-likeness (QED) is 0.491. The molecule has 1 fully saturated rings. The van der Waals surface area contributed by atoms with Gasteiger partial charge in [0.1, 0.15) is 6.10 Å². The van der Waals surface area contributed by atoms with Crippen molar-refractivity contribution in [1.82, 2.24) is 5.16 Å². The number of hydrogen-bond acceptors (Lipinski definition) is 5. The van der Waals surface area contributed by atoms with Crippen LogP contribution in [0.2, 0.25) is 0 Å². The Bertz CT molecular complexity index is 802. The maximum Gasteiger partial charge on any atom is 0.411 e. The van der Waals surface area contributed by atoms with Crippen molar-refractivity contribution in [3.8, 4) is 0 Å². The van der Waals surface area contributed by atoms with Gasteiger partial charge in [0.25, 0.3) is 0 Å². The Hall–Kier alpha value is -2.05. The Balaban J connectivity index is 1.62. The van der Waals surface area contributed by atoms with Crippen molar-refractivity contribution in [1.29, 1.82) is 0 Å². The van der Waals surface area contributed by atoms with Gasteiger partial charge in [-0.3, -0.25) is 10.1 Å². The number of nitrogens with zero attached hydrogens (tertiary/aromatic N) is 1. The summed E-state index contributed by atoms with van der Waals surface area (Å²) in [5.74, 6) is 1.000. The monoisotopic (exact) mass is 410 g/mol. The number of ketones is 1. The highest BCUT2D eigenvalue weighted by molar-refractivity contribution is 6.28. The number of carbonyl (C=O) groups excluding carboxylic acids is 2. The lowest BCUT2D eigenvalue weighted by atomic mass is 10.0. The van der Waals surface area contributed by atoms with Gasteiger partial charge < -0.3 is 9.26 Å². The van der Waals surface area contributed by atoms with Crippen LogP contribution in [0.1, 0.15) is 53.8 Å². The number of nitrogens with one attached hydrogen (secondary N) is 1. The van der Waals surface area contributed by atoms with Gasteiger partial charge in [0.15, 0.2) is 11.5 Å². The van der Waals surface area contributed by atoms with Crippen molar-refractivity contribution in [3.05, 3.63) is 47.3 Å². The second-order valence-electron chi connectivity index (χ2n) is 6.43. The fourth-order valence-electron chi connectivity index (χ4n) is 2.72. The van der Waals surface area contributed by atoms with Crippen molar-refractivity contribution >= 4 is 40.8 Å². The lowest BCUT2D eigenvalue weighted by Crippen LogP contribution is -2.30. The third-order valence-electron chi connectivity index (χ3n) is 4.40. The number of carbonyl (C=O) groups is 2. The zero-order chi connectivity index (χ0) is 19.4. The van der Waals surface area contributed by atoms with Crippen LogP contribution in [0, 0.1) is 0 Å². The average molecular weight is 411 g/mol. The molecule has 0 saturated heterocycles. The second-order valence-corrected chi connectivity index (χ2v) is 7.30. The average Bonchev–Trinajstić information content (AvgIpc) is 3.42. The molecule has 0 bridgehead atoms. The minimum atomic E-state index is -0.619. The Labute approximate surface area is 167 Å². The molecule has 0 spiro atoms. The van der Waals surface area contributed by atoms with Crippen LogP contribution in [0.25, 0.3) is 0 Å². The smallest absolute Gasteiger partial charge is 0.411 e. The van der Waals surface area contributed by atoms with E-state index in [0.29, 0.717) is 34.9 Å². The largest absolute Gasteiger partial charge is 0.444 e. The summed E-state index contributed by atoms with van der Waals surface area (Å²) in [4.78, 5) is 24.7. The molecule has 27 heavy (non-hydrogen) atoms. The number of amides is 1. The summed E-state index contributed by atoms with van der Waals surface area (Å²) in [6.07, 6.45) is 2.97. The van der Waals surface area contributed by atoms with Crippen molar-refractivity contribution < 1.29 is 18.8 Å². The minimum absolute atomic E-state index is 0.148. The fourth-order valence-corrected chi connectivity index (χ4v) is 3.14. The summed E-state index contributed by atoms with van der Waals surface area (Å²) in [5.41, 5.74) is 1.50. The molecule has 8 heteroatoms. The number of aromatic nitrogens is 1. The van der Waals surface area contributed by atoms with E-state index in [1.165, 1.54) is 6.20 Å². The predicted molar refractivity (Wildman–Crippen MR) is 103 cm³/mol. The van der Waals surface area contributed by atoms with E-state index in [4.69, 9.17) is 32.5 Å². The Morgan fingerprint density at radius 1 is 1.33 bits per heavy atom. The molecular formula is C19H20Cl2N2O4. The zero-order valence-corrected chi connectivity index (χ0v) is 16.3. The maximum atomic E-state index is 12.6. The Kier molecular flexibility index (Phi) is 6.39. The molecule has 0 aliphatic heterocycles. The first-order chi connectivity index (χ1) is 13.0. The van der Waals surface area contributed by atoms with Crippen molar-refractivity contribution in [2.45, 2.75) is 43.6 Å². The second kappa shape index (κ2) is 8.76. The van der Waals surface area contributed by atoms with Gasteiger partial charge in [0, 0.05) is 23.0 Å². The van der Waals surface area contributed by atoms with Gasteiger partial charge in [0.05, 0.1) is 17.1 Å². The van der Waals surface area contributed by atoms with Gasteiger partial charge in [-0.25, -0.2) is 4.79 Å². The molecule has 1 aromatic heterocycles. The maximum absolute atomic E-state index is 12.6. The fraction of sp³-hybridized carbons (Fsp3) is 0.421. The van der Waals surface area contributed by atoms with Gasteiger partial charge in [-0.05, 0) is 43.5 Å². The summed E-state index contributed by atoms with van der Waals surface area (Å²) in [6, 6.07) is 6.56. The summed E-state index contributed by atoms with van der Waals surface area (Å²) in [5, 5.41) is 5.92. The van der Waals surface area contributed by atoms with Gasteiger partial charge >= 0.3 is 6.09 Å². The van der Waals surface area contributed by atoms with E-state index in [9.17, 15) is 9.59 Å². The van der Waals surface area contributed by atoms with Gasteiger partial charge in [0.2, 0.25) is 0 Å².